The number of hydrogen-bond donors (Lipinski definition) is 2. The highest BCUT2D eigenvalue weighted by Crippen LogP contribution is 2.35. The van der Waals surface area contributed by atoms with Crippen molar-refractivity contribution in [1.82, 2.24) is 10.7 Å². The fourth-order valence-corrected chi connectivity index (χ4v) is 4.92. The van der Waals surface area contributed by atoms with Crippen LogP contribution in [-0.4, -0.2) is 31.2 Å². The van der Waals surface area contributed by atoms with Gasteiger partial charge in [0.25, 0.3) is 11.8 Å². The molecule has 0 aromatic heterocycles. The number of benzene rings is 3. The highest BCUT2D eigenvalue weighted by Gasteiger charge is 2.25. The van der Waals surface area contributed by atoms with Gasteiger partial charge in [0.15, 0.2) is 11.5 Å². The summed E-state index contributed by atoms with van der Waals surface area (Å²) in [6, 6.07) is 12.4. The van der Waals surface area contributed by atoms with Gasteiger partial charge in [-0.25, -0.2) is 5.43 Å². The number of amides is 2. The summed E-state index contributed by atoms with van der Waals surface area (Å²) in [5.41, 5.74) is 4.21. The van der Waals surface area contributed by atoms with E-state index in [0.717, 1.165) is 9.13 Å². The largest absolute Gasteiger partial charge is 0.493 e. The fourth-order valence-electron chi connectivity index (χ4n) is 3.38. The summed E-state index contributed by atoms with van der Waals surface area (Å²) in [4.78, 5) is 25.5. The molecule has 3 aromatic carbocycles. The zero-order valence-corrected chi connectivity index (χ0v) is 26.2. The molecule has 0 spiro atoms. The highest BCUT2D eigenvalue weighted by molar-refractivity contribution is 14.1. The Balaban J connectivity index is 1.67. The molecule has 1 unspecified atom stereocenters. The third kappa shape index (κ3) is 8.62. The summed E-state index contributed by atoms with van der Waals surface area (Å²) < 4.78 is 12.2. The molecule has 1 atom stereocenters. The number of methoxy groups -OCH3 is 1. The van der Waals surface area contributed by atoms with Gasteiger partial charge < -0.3 is 14.8 Å². The van der Waals surface area contributed by atoms with Gasteiger partial charge in [0.1, 0.15) is 12.6 Å². The molecule has 0 heterocycles. The van der Waals surface area contributed by atoms with Gasteiger partial charge in [-0.1, -0.05) is 66.3 Å². The molecule has 206 valence electrons. The molecular formula is C27H24Cl4IN3O4. The lowest BCUT2D eigenvalue weighted by molar-refractivity contribution is -0.123. The van der Waals surface area contributed by atoms with Crippen LogP contribution in [0.4, 0.5) is 0 Å². The predicted molar refractivity (Wildman–Crippen MR) is 165 cm³/mol. The van der Waals surface area contributed by atoms with Gasteiger partial charge in [-0.15, -0.1) is 0 Å². The van der Waals surface area contributed by atoms with E-state index in [2.05, 4.69) is 38.4 Å². The molecule has 12 heteroatoms. The second kappa shape index (κ2) is 14.4. The molecule has 0 aliphatic rings. The molecule has 0 aliphatic carbocycles. The van der Waals surface area contributed by atoms with E-state index in [0.29, 0.717) is 32.1 Å². The normalized spacial score (nSPS) is 11.9. The molecule has 2 amide bonds. The van der Waals surface area contributed by atoms with E-state index in [4.69, 9.17) is 55.9 Å². The van der Waals surface area contributed by atoms with Crippen molar-refractivity contribution in [2.24, 2.45) is 11.0 Å². The smallest absolute Gasteiger partial charge is 0.262 e. The molecule has 0 fully saturated rings. The van der Waals surface area contributed by atoms with E-state index < -0.39 is 17.9 Å². The minimum absolute atomic E-state index is 0.210. The Hall–Kier alpha value is -2.24. The first-order valence-corrected chi connectivity index (χ1v) is 14.1. The minimum atomic E-state index is -0.839. The monoisotopic (exact) mass is 721 g/mol. The van der Waals surface area contributed by atoms with Crippen LogP contribution in [-0.2, 0) is 11.4 Å². The van der Waals surface area contributed by atoms with Gasteiger partial charge in [0, 0.05) is 21.2 Å². The Morgan fingerprint density at radius 1 is 1.00 bits per heavy atom. The van der Waals surface area contributed by atoms with Crippen molar-refractivity contribution in [3.63, 3.8) is 0 Å². The van der Waals surface area contributed by atoms with E-state index in [1.165, 1.54) is 31.5 Å². The van der Waals surface area contributed by atoms with Gasteiger partial charge in [0.2, 0.25) is 0 Å². The average molecular weight is 723 g/mol. The molecule has 2 N–H and O–H groups in total. The maximum absolute atomic E-state index is 12.8. The van der Waals surface area contributed by atoms with Gasteiger partial charge in [0.05, 0.1) is 26.9 Å². The standard InChI is InChI=1S/C27H24Cl4IN3O4/c1-14(2)24(34-26(36)16-5-7-19(29)21(31)10-16)27(37)35-33-12-15-8-22(32)25(23(9-15)38-3)39-13-17-4-6-18(28)11-20(17)30/h4-12,14,24H,13H2,1-3H3,(H,34,36)(H,35,37)/b33-12+. The van der Waals surface area contributed by atoms with Crippen molar-refractivity contribution in [2.45, 2.75) is 26.5 Å². The van der Waals surface area contributed by atoms with Crippen molar-refractivity contribution < 1.29 is 19.1 Å². The molecule has 0 radical (unpaired) electrons. The average Bonchev–Trinajstić information content (AvgIpc) is 2.88. The molecule has 39 heavy (non-hydrogen) atoms. The van der Waals surface area contributed by atoms with E-state index in [-0.39, 0.29) is 23.1 Å². The minimum Gasteiger partial charge on any atom is -0.493 e. The topological polar surface area (TPSA) is 89.0 Å². The zero-order chi connectivity index (χ0) is 28.7. The molecule has 0 bridgehead atoms. The lowest BCUT2D eigenvalue weighted by Crippen LogP contribution is -2.48. The summed E-state index contributed by atoms with van der Waals surface area (Å²) >= 11 is 26.3. The summed E-state index contributed by atoms with van der Waals surface area (Å²) in [5.74, 6) is -0.125. The van der Waals surface area contributed by atoms with Crippen LogP contribution in [0.1, 0.15) is 35.3 Å². The highest BCUT2D eigenvalue weighted by atomic mass is 127. The van der Waals surface area contributed by atoms with Crippen LogP contribution in [0.2, 0.25) is 20.1 Å². The van der Waals surface area contributed by atoms with Crippen LogP contribution in [0, 0.1) is 9.49 Å². The first kappa shape index (κ1) is 31.3. The first-order valence-electron chi connectivity index (χ1n) is 11.5. The molecule has 0 saturated heterocycles. The van der Waals surface area contributed by atoms with Crippen LogP contribution < -0.4 is 20.2 Å². The Kier molecular flexibility index (Phi) is 11.6. The van der Waals surface area contributed by atoms with Crippen LogP contribution >= 0.6 is 69.0 Å². The van der Waals surface area contributed by atoms with Gasteiger partial charge in [-0.3, -0.25) is 9.59 Å². The molecule has 3 aromatic rings. The maximum Gasteiger partial charge on any atom is 0.262 e. The van der Waals surface area contributed by atoms with Crippen molar-refractivity contribution in [1.29, 1.82) is 0 Å². The number of ether oxygens (including phenoxy) is 2. The number of hydrogen-bond acceptors (Lipinski definition) is 5. The maximum atomic E-state index is 12.8. The summed E-state index contributed by atoms with van der Waals surface area (Å²) in [6.07, 6.45) is 1.47. The number of carbonyl (C=O) groups is 2. The summed E-state index contributed by atoms with van der Waals surface area (Å²) in [5, 5.41) is 8.40. The Morgan fingerprint density at radius 3 is 2.38 bits per heavy atom. The van der Waals surface area contributed by atoms with Crippen LogP contribution in [0.3, 0.4) is 0 Å². The van der Waals surface area contributed by atoms with Crippen molar-refractivity contribution in [3.8, 4) is 11.5 Å². The Morgan fingerprint density at radius 2 is 1.74 bits per heavy atom. The fraction of sp³-hybridized carbons (Fsp3) is 0.222. The van der Waals surface area contributed by atoms with Gasteiger partial charge in [-0.05, 0) is 76.5 Å². The number of rotatable bonds is 10. The van der Waals surface area contributed by atoms with Crippen molar-refractivity contribution in [3.05, 3.63) is 88.9 Å². The van der Waals surface area contributed by atoms with E-state index in [9.17, 15) is 9.59 Å². The van der Waals surface area contributed by atoms with Crippen molar-refractivity contribution in [2.75, 3.05) is 7.11 Å². The van der Waals surface area contributed by atoms with Crippen LogP contribution in [0.5, 0.6) is 11.5 Å². The number of carbonyl (C=O) groups excluding carboxylic acids is 2. The van der Waals surface area contributed by atoms with Crippen LogP contribution in [0.15, 0.2) is 53.6 Å². The quantitative estimate of drug-likeness (QED) is 0.130. The molecule has 7 nitrogen and oxygen atoms in total. The lowest BCUT2D eigenvalue weighted by Gasteiger charge is -2.20. The van der Waals surface area contributed by atoms with E-state index >= 15 is 0 Å². The van der Waals surface area contributed by atoms with Gasteiger partial charge >= 0.3 is 0 Å². The summed E-state index contributed by atoms with van der Waals surface area (Å²) in [7, 11) is 1.53. The lowest BCUT2D eigenvalue weighted by atomic mass is 10.0. The predicted octanol–water partition coefficient (Wildman–Crippen LogP) is 7.40. The Labute approximate surface area is 260 Å². The SMILES string of the molecule is COc1cc(/C=N/NC(=O)C(NC(=O)c2ccc(Cl)c(Cl)c2)C(C)C)cc(I)c1OCc1ccc(Cl)cc1Cl. The third-order valence-electron chi connectivity index (χ3n) is 5.44. The Bertz CT molecular complexity index is 1400. The first-order chi connectivity index (χ1) is 18.5. The van der Waals surface area contributed by atoms with Crippen molar-refractivity contribution >= 4 is 87.0 Å². The van der Waals surface area contributed by atoms with E-state index in [1.54, 1.807) is 24.3 Å². The molecule has 0 saturated carbocycles. The molecule has 3 rings (SSSR count). The zero-order valence-electron chi connectivity index (χ0n) is 21.0. The van der Waals surface area contributed by atoms with E-state index in [1.807, 2.05) is 19.9 Å². The number of hydrazone groups is 1. The molecule has 0 aliphatic heterocycles. The molecular weight excluding hydrogens is 699 g/mol. The number of nitrogens with one attached hydrogen (secondary N) is 2. The third-order valence-corrected chi connectivity index (χ3v) is 7.57. The van der Waals surface area contributed by atoms with Crippen LogP contribution in [0.25, 0.3) is 0 Å². The number of halogens is 5. The second-order valence-corrected chi connectivity index (χ2v) is 11.4. The van der Waals surface area contributed by atoms with Gasteiger partial charge in [-0.2, -0.15) is 5.10 Å². The second-order valence-electron chi connectivity index (χ2n) is 8.62. The number of nitrogens with zero attached hydrogens (tertiary/aromatic N) is 1. The summed E-state index contributed by atoms with van der Waals surface area (Å²) in [6.45, 7) is 3.84.